The highest BCUT2D eigenvalue weighted by atomic mass is 19.4. The van der Waals surface area contributed by atoms with Crippen molar-refractivity contribution >= 4 is 11.9 Å². The summed E-state index contributed by atoms with van der Waals surface area (Å²) >= 11 is 0. The molecule has 0 aromatic carbocycles. The Morgan fingerprint density at radius 1 is 1.36 bits per heavy atom. The van der Waals surface area contributed by atoms with Gasteiger partial charge in [0.05, 0.1) is 0 Å². The van der Waals surface area contributed by atoms with E-state index in [1.165, 1.54) is 6.92 Å². The van der Waals surface area contributed by atoms with Crippen LogP contribution >= 0.6 is 0 Å². The summed E-state index contributed by atoms with van der Waals surface area (Å²) in [6, 6.07) is -0.769. The van der Waals surface area contributed by atoms with Crippen molar-refractivity contribution in [3.63, 3.8) is 0 Å². The second kappa shape index (κ2) is 2.40. The van der Waals surface area contributed by atoms with E-state index in [0.29, 0.717) is 0 Å². The predicted molar refractivity (Wildman–Crippen MR) is 29.8 cm³/mol. The highest BCUT2D eigenvalue weighted by Gasteiger charge is 2.34. The molecule has 1 radical (unpaired) electrons. The third-order valence-corrected chi connectivity index (χ3v) is 0.745. The molecule has 1 aliphatic rings. The molecular weight excluding hydrogens is 163 g/mol. The molecule has 0 aromatic rings. The summed E-state index contributed by atoms with van der Waals surface area (Å²) in [6.07, 6.45) is -4.75. The molecule has 0 bridgehead atoms. The Bertz CT molecular complexity index is 219. The van der Waals surface area contributed by atoms with E-state index < -0.39 is 12.4 Å². The molecule has 0 aliphatic carbocycles. The van der Waals surface area contributed by atoms with Crippen LogP contribution < -0.4 is 5.43 Å². The molecule has 1 aliphatic heterocycles. The number of ether oxygens (including phenoxy) is 1. The summed E-state index contributed by atoms with van der Waals surface area (Å²) in [5.41, 5.74) is 3.21. The van der Waals surface area contributed by atoms with Crippen LogP contribution in [0.1, 0.15) is 6.92 Å². The van der Waals surface area contributed by atoms with E-state index in [9.17, 15) is 13.2 Å². The standard InChI is InChI=1S/C4H3F3N3O/c1-2-8-3(10-9-2)11-4(5,6)7/h1H3. The molecule has 1 heterocycles. The molecule has 0 unspecified atom stereocenters. The monoisotopic (exact) mass is 166 g/mol. The van der Waals surface area contributed by atoms with Crippen LogP contribution in [0, 0.1) is 0 Å². The van der Waals surface area contributed by atoms with Crippen LogP contribution in [0.15, 0.2) is 10.1 Å². The fraction of sp³-hybridized carbons (Fsp3) is 0.500. The molecular formula is C4H3F3N3O. The van der Waals surface area contributed by atoms with Crippen LogP contribution in [0.3, 0.4) is 0 Å². The van der Waals surface area contributed by atoms with Crippen LogP contribution in [0.25, 0.3) is 0 Å². The SMILES string of the molecule is CC1=NC(OC(F)(F)F)=N[N]1. The zero-order valence-corrected chi connectivity index (χ0v) is 5.38. The number of hydrogen-bond donors (Lipinski definition) is 0. The number of amidine groups is 2. The first kappa shape index (κ1) is 7.83. The van der Waals surface area contributed by atoms with E-state index in [4.69, 9.17) is 0 Å². The zero-order chi connectivity index (χ0) is 8.48. The first-order chi connectivity index (χ1) is 4.97. The Labute approximate surface area is 59.7 Å². The first-order valence-electron chi connectivity index (χ1n) is 2.57. The third-order valence-electron chi connectivity index (χ3n) is 0.745. The summed E-state index contributed by atoms with van der Waals surface area (Å²) in [6.45, 7) is 1.41. The number of hydrogen-bond acceptors (Lipinski definition) is 3. The van der Waals surface area contributed by atoms with E-state index >= 15 is 0 Å². The second-order valence-corrected chi connectivity index (χ2v) is 1.69. The molecule has 4 nitrogen and oxygen atoms in total. The maximum absolute atomic E-state index is 11.4. The van der Waals surface area contributed by atoms with Gasteiger partial charge in [0.2, 0.25) is 0 Å². The van der Waals surface area contributed by atoms with E-state index in [-0.39, 0.29) is 5.84 Å². The van der Waals surface area contributed by atoms with E-state index in [2.05, 4.69) is 20.3 Å². The van der Waals surface area contributed by atoms with Crippen molar-refractivity contribution in [1.29, 1.82) is 0 Å². The minimum atomic E-state index is -4.75. The molecule has 0 spiro atoms. The van der Waals surface area contributed by atoms with Crippen molar-refractivity contribution in [3.8, 4) is 0 Å². The van der Waals surface area contributed by atoms with Gasteiger partial charge in [0.1, 0.15) is 0 Å². The molecule has 0 atom stereocenters. The first-order valence-corrected chi connectivity index (χ1v) is 2.57. The van der Waals surface area contributed by atoms with Crippen molar-refractivity contribution < 1.29 is 17.9 Å². The molecule has 0 N–H and O–H groups in total. The zero-order valence-electron chi connectivity index (χ0n) is 5.38. The van der Waals surface area contributed by atoms with Crippen molar-refractivity contribution in [2.75, 3.05) is 0 Å². The van der Waals surface area contributed by atoms with Gasteiger partial charge in [0, 0.05) is 0 Å². The summed E-state index contributed by atoms with van der Waals surface area (Å²) in [7, 11) is 0. The van der Waals surface area contributed by atoms with Crippen LogP contribution in [-0.4, -0.2) is 18.2 Å². The Kier molecular flexibility index (Phi) is 1.71. The number of aliphatic imine (C=N–C) groups is 1. The van der Waals surface area contributed by atoms with Crippen LogP contribution in [0.2, 0.25) is 0 Å². The highest BCUT2D eigenvalue weighted by Crippen LogP contribution is 2.17. The van der Waals surface area contributed by atoms with Crippen LogP contribution in [0.5, 0.6) is 0 Å². The maximum Gasteiger partial charge on any atom is 0.575 e. The minimum absolute atomic E-state index is 0.143. The number of nitrogens with zero attached hydrogens (tertiary/aromatic N) is 3. The topological polar surface area (TPSA) is 48.1 Å². The maximum atomic E-state index is 11.4. The van der Waals surface area contributed by atoms with Gasteiger partial charge >= 0.3 is 12.4 Å². The van der Waals surface area contributed by atoms with Gasteiger partial charge in [-0.25, -0.2) is 0 Å². The van der Waals surface area contributed by atoms with Gasteiger partial charge in [-0.3, -0.25) is 0 Å². The normalized spacial score (nSPS) is 17.1. The molecule has 11 heavy (non-hydrogen) atoms. The fourth-order valence-corrected chi connectivity index (χ4v) is 0.445. The van der Waals surface area contributed by atoms with Gasteiger partial charge in [-0.15, -0.1) is 18.6 Å². The van der Waals surface area contributed by atoms with Gasteiger partial charge in [-0.05, 0) is 6.92 Å². The Balaban J connectivity index is 2.53. The molecule has 7 heteroatoms. The van der Waals surface area contributed by atoms with Crippen molar-refractivity contribution in [2.45, 2.75) is 13.3 Å². The molecule has 0 fully saturated rings. The number of alkyl halides is 3. The number of halogens is 3. The Hall–Kier alpha value is -1.27. The van der Waals surface area contributed by atoms with Gasteiger partial charge < -0.3 is 4.74 Å². The predicted octanol–water partition coefficient (Wildman–Crippen LogP) is 0.830. The summed E-state index contributed by atoms with van der Waals surface area (Å²) < 4.78 is 37.6. The van der Waals surface area contributed by atoms with Gasteiger partial charge in [0.25, 0.3) is 0 Å². The lowest BCUT2D eigenvalue weighted by Gasteiger charge is -2.03. The smallest absolute Gasteiger partial charge is 0.369 e. The van der Waals surface area contributed by atoms with E-state index in [0.717, 1.165) is 0 Å². The molecule has 0 amide bonds. The van der Waals surface area contributed by atoms with Crippen LogP contribution in [0.4, 0.5) is 13.2 Å². The molecule has 61 valence electrons. The molecule has 0 aromatic heterocycles. The average molecular weight is 166 g/mol. The average Bonchev–Trinajstić information content (AvgIpc) is 2.10. The molecule has 0 saturated heterocycles. The van der Waals surface area contributed by atoms with Gasteiger partial charge in [-0.2, -0.15) is 4.99 Å². The lowest BCUT2D eigenvalue weighted by atomic mass is 10.7. The fourth-order valence-electron chi connectivity index (χ4n) is 0.445. The largest absolute Gasteiger partial charge is 0.575 e. The van der Waals surface area contributed by atoms with E-state index in [1.54, 1.807) is 0 Å². The lowest BCUT2D eigenvalue weighted by Crippen LogP contribution is -2.17. The third kappa shape index (κ3) is 2.44. The summed E-state index contributed by atoms with van der Waals surface area (Å²) in [5, 5.41) is 3.00. The van der Waals surface area contributed by atoms with Crippen molar-refractivity contribution in [1.82, 2.24) is 5.43 Å². The second-order valence-electron chi connectivity index (χ2n) is 1.69. The molecule has 0 saturated carbocycles. The van der Waals surface area contributed by atoms with Gasteiger partial charge in [0.15, 0.2) is 5.84 Å². The highest BCUT2D eigenvalue weighted by molar-refractivity contribution is 5.96. The Morgan fingerprint density at radius 3 is 2.36 bits per heavy atom. The minimum Gasteiger partial charge on any atom is -0.369 e. The number of rotatable bonds is 0. The lowest BCUT2D eigenvalue weighted by molar-refractivity contribution is -0.283. The van der Waals surface area contributed by atoms with Crippen LogP contribution in [-0.2, 0) is 4.74 Å². The van der Waals surface area contributed by atoms with Crippen molar-refractivity contribution in [2.24, 2.45) is 10.1 Å². The van der Waals surface area contributed by atoms with E-state index in [1.807, 2.05) is 0 Å². The summed E-state index contributed by atoms with van der Waals surface area (Å²) in [5.74, 6) is 0.143. The van der Waals surface area contributed by atoms with Gasteiger partial charge in [-0.1, -0.05) is 5.10 Å². The molecule has 1 rings (SSSR count). The Morgan fingerprint density at radius 2 is 2.00 bits per heavy atom. The van der Waals surface area contributed by atoms with Crippen molar-refractivity contribution in [3.05, 3.63) is 0 Å². The quantitative estimate of drug-likeness (QED) is 0.525. The summed E-state index contributed by atoms with van der Waals surface area (Å²) in [4.78, 5) is 3.23.